The van der Waals surface area contributed by atoms with Crippen LogP contribution in [0, 0.1) is 0 Å². The summed E-state index contributed by atoms with van der Waals surface area (Å²) in [6.45, 7) is 5.22. The Bertz CT molecular complexity index is 598. The van der Waals surface area contributed by atoms with Crippen molar-refractivity contribution in [2.45, 2.75) is 13.1 Å². The van der Waals surface area contributed by atoms with Gasteiger partial charge in [-0.2, -0.15) is 5.10 Å². The van der Waals surface area contributed by atoms with E-state index in [0.29, 0.717) is 30.5 Å². The Labute approximate surface area is 128 Å². The van der Waals surface area contributed by atoms with Crippen LogP contribution < -0.4 is 10.1 Å². The fourth-order valence-electron chi connectivity index (χ4n) is 1.80. The highest BCUT2D eigenvalue weighted by Crippen LogP contribution is 2.25. The predicted octanol–water partition coefficient (Wildman–Crippen LogP) is 2.71. The first-order chi connectivity index (χ1) is 10.2. The molecule has 0 saturated heterocycles. The number of aromatic nitrogens is 2. The number of aliphatic hydroxyl groups excluding tert-OH is 1. The summed E-state index contributed by atoms with van der Waals surface area (Å²) in [5.41, 5.74) is 1.94. The fourth-order valence-corrected chi connectivity index (χ4v) is 2.06. The van der Waals surface area contributed by atoms with Crippen LogP contribution in [0.1, 0.15) is 5.56 Å². The molecule has 1 aromatic heterocycles. The minimum atomic E-state index is 0.0723. The predicted molar refractivity (Wildman–Crippen MR) is 83.8 cm³/mol. The van der Waals surface area contributed by atoms with Gasteiger partial charge < -0.3 is 15.2 Å². The first kappa shape index (κ1) is 15.4. The number of nitrogens with one attached hydrogen (secondary N) is 1. The van der Waals surface area contributed by atoms with Crippen LogP contribution in [-0.4, -0.2) is 28.1 Å². The minimum absolute atomic E-state index is 0.0723. The second kappa shape index (κ2) is 7.71. The fraction of sp³-hybridized carbons (Fsp3) is 0.267. The van der Waals surface area contributed by atoms with Crippen molar-refractivity contribution in [1.29, 1.82) is 0 Å². The molecule has 6 heteroatoms. The average Bonchev–Trinajstić information content (AvgIpc) is 2.92. The van der Waals surface area contributed by atoms with Gasteiger partial charge in [0.2, 0.25) is 0 Å². The average molecular weight is 308 g/mol. The van der Waals surface area contributed by atoms with Gasteiger partial charge in [0.15, 0.2) is 0 Å². The molecule has 0 aliphatic rings. The van der Waals surface area contributed by atoms with Crippen LogP contribution in [0.4, 0.5) is 5.69 Å². The molecule has 2 aromatic rings. The first-order valence-corrected chi connectivity index (χ1v) is 7.00. The molecule has 0 spiro atoms. The van der Waals surface area contributed by atoms with Gasteiger partial charge in [0, 0.05) is 12.7 Å². The summed E-state index contributed by atoms with van der Waals surface area (Å²) in [4.78, 5) is 0. The number of ether oxygens (including phenoxy) is 1. The van der Waals surface area contributed by atoms with Gasteiger partial charge in [-0.25, -0.2) is 0 Å². The van der Waals surface area contributed by atoms with E-state index in [2.05, 4.69) is 17.0 Å². The Morgan fingerprint density at radius 3 is 3.05 bits per heavy atom. The zero-order chi connectivity index (χ0) is 15.1. The van der Waals surface area contributed by atoms with Crippen molar-refractivity contribution < 1.29 is 9.84 Å². The van der Waals surface area contributed by atoms with Gasteiger partial charge in [-0.3, -0.25) is 4.68 Å². The molecule has 5 nitrogen and oxygen atoms in total. The molecule has 0 aliphatic carbocycles. The second-order valence-electron chi connectivity index (χ2n) is 4.43. The van der Waals surface area contributed by atoms with Gasteiger partial charge in [-0.1, -0.05) is 30.3 Å². The lowest BCUT2D eigenvalue weighted by Gasteiger charge is -2.08. The van der Waals surface area contributed by atoms with Crippen molar-refractivity contribution >= 4 is 17.3 Å². The van der Waals surface area contributed by atoms with E-state index < -0.39 is 0 Å². The number of aliphatic hydroxyl groups is 1. The third kappa shape index (κ3) is 4.51. The van der Waals surface area contributed by atoms with Crippen molar-refractivity contribution in [2.75, 3.05) is 18.5 Å². The Morgan fingerprint density at radius 2 is 2.33 bits per heavy atom. The molecule has 0 fully saturated rings. The minimum Gasteiger partial charge on any atom is -0.488 e. The van der Waals surface area contributed by atoms with E-state index >= 15 is 0 Å². The largest absolute Gasteiger partial charge is 0.488 e. The molecule has 0 unspecified atom stereocenters. The summed E-state index contributed by atoms with van der Waals surface area (Å²) in [5, 5.41) is 16.8. The van der Waals surface area contributed by atoms with Crippen molar-refractivity contribution in [3.05, 3.63) is 53.8 Å². The lowest BCUT2D eigenvalue weighted by atomic mass is 10.2. The monoisotopic (exact) mass is 307 g/mol. The van der Waals surface area contributed by atoms with Gasteiger partial charge in [-0.15, -0.1) is 0 Å². The number of hydrogen-bond donors (Lipinski definition) is 2. The molecule has 2 N–H and O–H groups in total. The van der Waals surface area contributed by atoms with E-state index in [1.165, 1.54) is 0 Å². The topological polar surface area (TPSA) is 59.3 Å². The Morgan fingerprint density at radius 1 is 1.48 bits per heavy atom. The van der Waals surface area contributed by atoms with Crippen LogP contribution in [-0.2, 0) is 13.1 Å². The van der Waals surface area contributed by atoms with Gasteiger partial charge in [0.05, 0.1) is 30.1 Å². The molecular formula is C15H18ClN3O2. The normalized spacial score (nSPS) is 10.4. The molecule has 0 atom stereocenters. The molecule has 21 heavy (non-hydrogen) atoms. The first-order valence-electron chi connectivity index (χ1n) is 6.62. The van der Waals surface area contributed by atoms with E-state index in [4.69, 9.17) is 21.4 Å². The number of hydrogen-bond acceptors (Lipinski definition) is 4. The van der Waals surface area contributed by atoms with Crippen LogP contribution in [0.25, 0.3) is 0 Å². The summed E-state index contributed by atoms with van der Waals surface area (Å²) < 4.78 is 7.11. The molecular weight excluding hydrogens is 290 g/mol. The van der Waals surface area contributed by atoms with Crippen LogP contribution in [0.5, 0.6) is 5.75 Å². The van der Waals surface area contributed by atoms with E-state index in [-0.39, 0.29) is 6.61 Å². The van der Waals surface area contributed by atoms with Gasteiger partial charge in [0.1, 0.15) is 12.4 Å². The number of halogens is 1. The third-order valence-corrected chi connectivity index (χ3v) is 3.11. The van der Waals surface area contributed by atoms with Crippen LogP contribution in [0.15, 0.2) is 43.2 Å². The maximum absolute atomic E-state index is 8.84. The Kier molecular flexibility index (Phi) is 5.66. The number of anilines is 1. The molecule has 2 rings (SSSR count). The summed E-state index contributed by atoms with van der Waals surface area (Å²) in [5.74, 6) is 0.649. The molecule has 0 aliphatic heterocycles. The summed E-state index contributed by atoms with van der Waals surface area (Å²) >= 11 is 6.16. The maximum Gasteiger partial charge on any atom is 0.138 e. The van der Waals surface area contributed by atoms with Crippen molar-refractivity contribution in [3.63, 3.8) is 0 Å². The Balaban J connectivity index is 1.93. The summed E-state index contributed by atoms with van der Waals surface area (Å²) in [6, 6.07) is 5.67. The number of benzene rings is 1. The Hall–Kier alpha value is -1.98. The lowest BCUT2D eigenvalue weighted by molar-refractivity contribution is 0.269. The summed E-state index contributed by atoms with van der Waals surface area (Å²) in [6.07, 6.45) is 5.24. The van der Waals surface area contributed by atoms with Crippen LogP contribution in [0.2, 0.25) is 5.02 Å². The highest BCUT2D eigenvalue weighted by Gasteiger charge is 2.03. The smallest absolute Gasteiger partial charge is 0.138 e. The molecule has 0 bridgehead atoms. The highest BCUT2D eigenvalue weighted by molar-refractivity contribution is 6.32. The van der Waals surface area contributed by atoms with E-state index in [1.54, 1.807) is 17.0 Å². The van der Waals surface area contributed by atoms with Gasteiger partial charge in [-0.05, 0) is 17.7 Å². The molecule has 0 saturated carbocycles. The van der Waals surface area contributed by atoms with E-state index in [1.807, 2.05) is 24.4 Å². The lowest BCUT2D eigenvalue weighted by Crippen LogP contribution is -2.02. The van der Waals surface area contributed by atoms with Crippen LogP contribution >= 0.6 is 11.6 Å². The van der Waals surface area contributed by atoms with E-state index in [9.17, 15) is 0 Å². The third-order valence-electron chi connectivity index (χ3n) is 2.81. The molecule has 0 amide bonds. The van der Waals surface area contributed by atoms with Crippen molar-refractivity contribution in [2.24, 2.45) is 0 Å². The van der Waals surface area contributed by atoms with E-state index in [0.717, 1.165) is 11.3 Å². The summed E-state index contributed by atoms with van der Waals surface area (Å²) in [7, 11) is 0. The SMILES string of the molecule is C=CCOc1ccc(CNc2cnn(CCO)c2)cc1Cl. The van der Waals surface area contributed by atoms with Crippen LogP contribution in [0.3, 0.4) is 0 Å². The van der Waals surface area contributed by atoms with Gasteiger partial charge >= 0.3 is 0 Å². The molecule has 1 aromatic carbocycles. The second-order valence-corrected chi connectivity index (χ2v) is 4.84. The van der Waals surface area contributed by atoms with Crippen molar-refractivity contribution in [1.82, 2.24) is 9.78 Å². The number of rotatable bonds is 8. The quantitative estimate of drug-likeness (QED) is 0.736. The van der Waals surface area contributed by atoms with Crippen molar-refractivity contribution in [3.8, 4) is 5.75 Å². The zero-order valence-corrected chi connectivity index (χ0v) is 12.4. The molecule has 112 valence electrons. The zero-order valence-electron chi connectivity index (χ0n) is 11.6. The molecule has 0 radical (unpaired) electrons. The molecule has 1 heterocycles. The van der Waals surface area contributed by atoms with Gasteiger partial charge in [0.25, 0.3) is 0 Å². The maximum atomic E-state index is 8.84. The number of nitrogens with zero attached hydrogens (tertiary/aromatic N) is 2. The highest BCUT2D eigenvalue weighted by atomic mass is 35.5. The standard InChI is InChI=1S/C15H18ClN3O2/c1-2-7-21-15-4-3-12(8-14(15)16)9-17-13-10-18-19(11-13)5-6-20/h2-4,8,10-11,17,20H,1,5-7,9H2.